The molecule has 2 rings (SSSR count). The Morgan fingerprint density at radius 3 is 2.35 bits per heavy atom. The molecule has 188 valence electrons. The summed E-state index contributed by atoms with van der Waals surface area (Å²) in [6.07, 6.45) is 8.33. The standard InChI is InChI=1S/C25H38N4O5/c1-18(24(32)33)27-23(31)21(17-19-11-5-2-6-12-19)29-22(30)15-9-4-10-16-26-25(34)28-20-13-7-3-8-14-20/h2,5-6,11-12,18,20-21H,3-4,7-10,13-17H2,1H3,(H,27,31)(H,29,30)(H,32,33)(H2,26,28,34)/t18-,21-/m0/s1. The van der Waals surface area contributed by atoms with Gasteiger partial charge in [0.1, 0.15) is 12.1 Å². The number of nitrogens with one attached hydrogen (secondary N) is 4. The fraction of sp³-hybridized carbons (Fsp3) is 0.600. The topological polar surface area (TPSA) is 137 Å². The molecule has 0 radical (unpaired) electrons. The van der Waals surface area contributed by atoms with Crippen molar-refractivity contribution in [2.24, 2.45) is 0 Å². The van der Waals surface area contributed by atoms with Crippen LogP contribution in [0.25, 0.3) is 0 Å². The maximum Gasteiger partial charge on any atom is 0.325 e. The lowest BCUT2D eigenvalue weighted by Crippen LogP contribution is -2.51. The number of amides is 4. The third kappa shape index (κ3) is 10.7. The molecule has 1 fully saturated rings. The molecule has 1 aromatic carbocycles. The van der Waals surface area contributed by atoms with Crippen molar-refractivity contribution in [1.82, 2.24) is 21.3 Å². The smallest absolute Gasteiger partial charge is 0.325 e. The average Bonchev–Trinajstić information content (AvgIpc) is 2.82. The van der Waals surface area contributed by atoms with Gasteiger partial charge in [0, 0.05) is 25.4 Å². The van der Waals surface area contributed by atoms with Gasteiger partial charge in [-0.05, 0) is 38.2 Å². The molecule has 0 saturated heterocycles. The van der Waals surface area contributed by atoms with Gasteiger partial charge in [-0.2, -0.15) is 0 Å². The van der Waals surface area contributed by atoms with Crippen molar-refractivity contribution in [3.8, 4) is 0 Å². The number of benzene rings is 1. The number of carboxylic acid groups (broad SMARTS) is 1. The van der Waals surface area contributed by atoms with Gasteiger partial charge >= 0.3 is 12.0 Å². The van der Waals surface area contributed by atoms with E-state index in [1.165, 1.54) is 26.2 Å². The number of unbranched alkanes of at least 4 members (excludes halogenated alkanes) is 2. The summed E-state index contributed by atoms with van der Waals surface area (Å²) in [5.41, 5.74) is 0.864. The van der Waals surface area contributed by atoms with Crippen molar-refractivity contribution in [3.05, 3.63) is 35.9 Å². The lowest BCUT2D eigenvalue weighted by molar-refractivity contribution is -0.141. The number of hydrogen-bond donors (Lipinski definition) is 5. The lowest BCUT2D eigenvalue weighted by Gasteiger charge is -2.22. The van der Waals surface area contributed by atoms with Crippen LogP contribution in [0.4, 0.5) is 4.79 Å². The fourth-order valence-electron chi connectivity index (χ4n) is 3.97. The summed E-state index contributed by atoms with van der Waals surface area (Å²) < 4.78 is 0. The summed E-state index contributed by atoms with van der Waals surface area (Å²) >= 11 is 0. The van der Waals surface area contributed by atoms with Gasteiger partial charge in [0.25, 0.3) is 0 Å². The molecule has 34 heavy (non-hydrogen) atoms. The first-order valence-electron chi connectivity index (χ1n) is 12.3. The summed E-state index contributed by atoms with van der Waals surface area (Å²) in [5, 5.41) is 20.1. The Morgan fingerprint density at radius 2 is 1.68 bits per heavy atom. The molecule has 0 aliphatic heterocycles. The Hall–Kier alpha value is -3.10. The van der Waals surface area contributed by atoms with E-state index in [2.05, 4.69) is 21.3 Å². The molecule has 1 saturated carbocycles. The molecule has 0 heterocycles. The number of carbonyl (C=O) groups excluding carboxylic acids is 3. The van der Waals surface area contributed by atoms with Crippen LogP contribution in [0.1, 0.15) is 70.3 Å². The highest BCUT2D eigenvalue weighted by molar-refractivity contribution is 5.90. The molecule has 5 N–H and O–H groups in total. The summed E-state index contributed by atoms with van der Waals surface area (Å²) in [4.78, 5) is 48.0. The van der Waals surface area contributed by atoms with Gasteiger partial charge in [0.2, 0.25) is 11.8 Å². The second-order valence-corrected chi connectivity index (χ2v) is 8.92. The van der Waals surface area contributed by atoms with Gasteiger partial charge in [-0.15, -0.1) is 0 Å². The van der Waals surface area contributed by atoms with Crippen molar-refractivity contribution < 1.29 is 24.3 Å². The van der Waals surface area contributed by atoms with E-state index in [0.29, 0.717) is 13.0 Å². The van der Waals surface area contributed by atoms with Crippen LogP contribution < -0.4 is 21.3 Å². The number of hydrogen-bond acceptors (Lipinski definition) is 4. The summed E-state index contributed by atoms with van der Waals surface area (Å²) in [5.74, 6) is -1.93. The molecule has 9 nitrogen and oxygen atoms in total. The SMILES string of the molecule is C[C@H](NC(=O)[C@H](Cc1ccccc1)NC(=O)CCCCCNC(=O)NC1CCCCC1)C(=O)O. The molecule has 0 bridgehead atoms. The molecule has 0 spiro atoms. The predicted octanol–water partition coefficient (Wildman–Crippen LogP) is 2.50. The summed E-state index contributed by atoms with van der Waals surface area (Å²) in [7, 11) is 0. The first kappa shape index (κ1) is 27.1. The molecule has 1 aliphatic carbocycles. The average molecular weight is 475 g/mol. The number of carboxylic acids is 1. The van der Waals surface area contributed by atoms with Crippen LogP contribution in [-0.2, 0) is 20.8 Å². The van der Waals surface area contributed by atoms with Crippen LogP contribution in [0.2, 0.25) is 0 Å². The van der Waals surface area contributed by atoms with E-state index in [1.54, 1.807) is 0 Å². The minimum absolute atomic E-state index is 0.130. The Kier molecular flexibility index (Phi) is 11.9. The van der Waals surface area contributed by atoms with E-state index in [1.807, 2.05) is 30.3 Å². The third-order valence-corrected chi connectivity index (χ3v) is 5.97. The van der Waals surface area contributed by atoms with Gasteiger partial charge in [-0.1, -0.05) is 56.0 Å². The van der Waals surface area contributed by atoms with E-state index in [-0.39, 0.29) is 30.8 Å². The van der Waals surface area contributed by atoms with Crippen molar-refractivity contribution in [2.45, 2.75) is 89.3 Å². The molecule has 0 unspecified atom stereocenters. The highest BCUT2D eigenvalue weighted by Gasteiger charge is 2.24. The Balaban J connectivity index is 1.69. The first-order valence-corrected chi connectivity index (χ1v) is 12.3. The zero-order chi connectivity index (χ0) is 24.8. The minimum Gasteiger partial charge on any atom is -0.480 e. The van der Waals surface area contributed by atoms with Crippen LogP contribution in [0.15, 0.2) is 30.3 Å². The maximum atomic E-state index is 12.6. The van der Waals surface area contributed by atoms with Crippen molar-refractivity contribution in [2.75, 3.05) is 6.54 Å². The second kappa shape index (κ2) is 14.9. The van der Waals surface area contributed by atoms with Gasteiger partial charge in [0.05, 0.1) is 0 Å². The highest BCUT2D eigenvalue weighted by atomic mass is 16.4. The van der Waals surface area contributed by atoms with Crippen molar-refractivity contribution in [1.29, 1.82) is 0 Å². The molecule has 1 aliphatic rings. The van der Waals surface area contributed by atoms with Crippen molar-refractivity contribution >= 4 is 23.8 Å². The lowest BCUT2D eigenvalue weighted by atomic mass is 9.96. The van der Waals surface area contributed by atoms with Gasteiger partial charge in [-0.3, -0.25) is 14.4 Å². The Morgan fingerprint density at radius 1 is 0.971 bits per heavy atom. The van der Waals surface area contributed by atoms with Gasteiger partial charge in [-0.25, -0.2) is 4.79 Å². The third-order valence-electron chi connectivity index (χ3n) is 5.97. The maximum absolute atomic E-state index is 12.6. The summed E-state index contributed by atoms with van der Waals surface area (Å²) in [6, 6.07) is 7.48. The zero-order valence-electron chi connectivity index (χ0n) is 20.0. The van der Waals surface area contributed by atoms with Crippen LogP contribution in [0, 0.1) is 0 Å². The van der Waals surface area contributed by atoms with Crippen LogP contribution in [0.3, 0.4) is 0 Å². The summed E-state index contributed by atoms with van der Waals surface area (Å²) in [6.45, 7) is 1.93. The van der Waals surface area contributed by atoms with Crippen molar-refractivity contribution in [3.63, 3.8) is 0 Å². The van der Waals surface area contributed by atoms with Gasteiger partial charge in [0.15, 0.2) is 0 Å². The van der Waals surface area contributed by atoms with E-state index in [9.17, 15) is 19.2 Å². The van der Waals surface area contributed by atoms with E-state index in [0.717, 1.165) is 31.2 Å². The van der Waals surface area contributed by atoms with E-state index in [4.69, 9.17) is 5.11 Å². The van der Waals surface area contributed by atoms with Crippen LogP contribution in [0.5, 0.6) is 0 Å². The fourth-order valence-corrected chi connectivity index (χ4v) is 3.97. The predicted molar refractivity (Wildman–Crippen MR) is 129 cm³/mol. The highest BCUT2D eigenvalue weighted by Crippen LogP contribution is 2.17. The molecule has 0 aromatic heterocycles. The molecule has 2 atom stereocenters. The first-order chi connectivity index (χ1) is 16.3. The largest absolute Gasteiger partial charge is 0.480 e. The number of aliphatic carboxylic acids is 1. The molecule has 9 heteroatoms. The van der Waals surface area contributed by atoms with Crippen LogP contribution in [-0.4, -0.2) is 53.6 Å². The van der Waals surface area contributed by atoms with E-state index < -0.39 is 24.0 Å². The molecular formula is C25H38N4O5. The number of rotatable bonds is 13. The normalized spacial score (nSPS) is 15.6. The Bertz CT molecular complexity index is 796. The number of urea groups is 1. The molecular weight excluding hydrogens is 436 g/mol. The Labute approximate surface area is 201 Å². The second-order valence-electron chi connectivity index (χ2n) is 8.92. The van der Waals surface area contributed by atoms with Gasteiger partial charge < -0.3 is 26.4 Å². The quantitative estimate of drug-likeness (QED) is 0.280. The minimum atomic E-state index is -1.14. The van der Waals surface area contributed by atoms with Crippen LogP contribution >= 0.6 is 0 Å². The van der Waals surface area contributed by atoms with E-state index >= 15 is 0 Å². The zero-order valence-corrected chi connectivity index (χ0v) is 20.0. The molecule has 4 amide bonds. The monoisotopic (exact) mass is 474 g/mol. The molecule has 1 aromatic rings. The number of carbonyl (C=O) groups is 4.